The molecule has 1 atom stereocenters. The second kappa shape index (κ2) is 6.02. The van der Waals surface area contributed by atoms with E-state index in [1.165, 1.54) is 24.8 Å². The summed E-state index contributed by atoms with van der Waals surface area (Å²) >= 11 is 0. The molecule has 0 spiro atoms. The number of aryl methyl sites for hydroxylation is 2. The molecule has 0 radical (unpaired) electrons. The van der Waals surface area contributed by atoms with E-state index in [-0.39, 0.29) is 0 Å². The van der Waals surface area contributed by atoms with Crippen LogP contribution < -0.4 is 0 Å². The summed E-state index contributed by atoms with van der Waals surface area (Å²) in [6.07, 6.45) is 4.21. The molecule has 1 saturated carbocycles. The molecule has 112 valence electrons. The van der Waals surface area contributed by atoms with Gasteiger partial charge in [-0.15, -0.1) is 0 Å². The van der Waals surface area contributed by atoms with Crippen LogP contribution in [0, 0.1) is 0 Å². The zero-order valence-electron chi connectivity index (χ0n) is 12.9. The van der Waals surface area contributed by atoms with E-state index in [9.17, 15) is 5.11 Å². The van der Waals surface area contributed by atoms with E-state index in [4.69, 9.17) is 0 Å². The third-order valence-electron chi connectivity index (χ3n) is 4.61. The summed E-state index contributed by atoms with van der Waals surface area (Å²) in [6, 6.07) is 10.5. The van der Waals surface area contributed by atoms with Crippen molar-refractivity contribution in [2.75, 3.05) is 0 Å². The van der Waals surface area contributed by atoms with E-state index >= 15 is 0 Å². The Morgan fingerprint density at radius 1 is 1.29 bits per heavy atom. The summed E-state index contributed by atoms with van der Waals surface area (Å²) < 4.78 is 1.92. The number of hydrogen-bond donors (Lipinski definition) is 1. The van der Waals surface area contributed by atoms with Crippen LogP contribution in [0.4, 0.5) is 0 Å². The Morgan fingerprint density at radius 2 is 2.10 bits per heavy atom. The first-order valence-electron chi connectivity index (χ1n) is 8.07. The number of benzene rings is 1. The van der Waals surface area contributed by atoms with E-state index in [1.807, 2.05) is 16.8 Å². The van der Waals surface area contributed by atoms with Crippen LogP contribution in [0.2, 0.25) is 0 Å². The summed E-state index contributed by atoms with van der Waals surface area (Å²) in [5, 5.41) is 15.3. The molecule has 3 rings (SSSR count). The lowest BCUT2D eigenvalue weighted by molar-refractivity contribution is 0.208. The van der Waals surface area contributed by atoms with Crippen molar-refractivity contribution in [3.05, 3.63) is 52.8 Å². The Morgan fingerprint density at radius 3 is 2.71 bits per heavy atom. The number of rotatable bonds is 5. The lowest BCUT2D eigenvalue weighted by Gasteiger charge is -2.26. The quantitative estimate of drug-likeness (QED) is 0.906. The summed E-state index contributed by atoms with van der Waals surface area (Å²) in [6.45, 7) is 4.94. The molecule has 21 heavy (non-hydrogen) atoms. The van der Waals surface area contributed by atoms with Crippen LogP contribution in [0.15, 0.2) is 30.3 Å². The minimum absolute atomic E-state index is 0.585. The van der Waals surface area contributed by atoms with Crippen LogP contribution in [-0.4, -0.2) is 14.9 Å². The molecular formula is C18H24N2O. The van der Waals surface area contributed by atoms with Gasteiger partial charge in [-0.05, 0) is 49.3 Å². The second-order valence-electron chi connectivity index (χ2n) is 5.93. The molecule has 1 aliphatic carbocycles. The van der Waals surface area contributed by atoms with Crippen molar-refractivity contribution >= 4 is 0 Å². The summed E-state index contributed by atoms with van der Waals surface area (Å²) in [5.74, 6) is 0.694. The lowest BCUT2D eigenvalue weighted by Crippen LogP contribution is -2.11. The maximum Gasteiger partial charge on any atom is 0.121 e. The first-order chi connectivity index (χ1) is 10.2. The van der Waals surface area contributed by atoms with Crippen LogP contribution in [0.3, 0.4) is 0 Å². The summed E-state index contributed by atoms with van der Waals surface area (Å²) in [5.41, 5.74) is 4.30. The van der Waals surface area contributed by atoms with Crippen LogP contribution >= 0.6 is 0 Å². The van der Waals surface area contributed by atoms with E-state index in [0.717, 1.165) is 29.9 Å². The Labute approximate surface area is 126 Å². The van der Waals surface area contributed by atoms with Crippen molar-refractivity contribution in [1.82, 2.24) is 9.78 Å². The predicted molar refractivity (Wildman–Crippen MR) is 84.4 cm³/mol. The first kappa shape index (κ1) is 14.3. The van der Waals surface area contributed by atoms with Gasteiger partial charge in [-0.1, -0.05) is 37.6 Å². The fourth-order valence-electron chi connectivity index (χ4n) is 3.03. The molecule has 3 nitrogen and oxygen atoms in total. The fraction of sp³-hybridized carbons (Fsp3) is 0.500. The second-order valence-corrected chi connectivity index (χ2v) is 5.93. The molecule has 0 bridgehead atoms. The number of aliphatic hydroxyl groups excluding tert-OH is 1. The molecule has 1 aliphatic rings. The highest BCUT2D eigenvalue weighted by Crippen LogP contribution is 2.37. The van der Waals surface area contributed by atoms with E-state index < -0.39 is 6.10 Å². The highest BCUT2D eigenvalue weighted by molar-refractivity contribution is 5.33. The number of nitrogens with zero attached hydrogens (tertiary/aromatic N) is 2. The Balaban J connectivity index is 1.90. The average molecular weight is 284 g/mol. The normalized spacial score (nSPS) is 16.7. The standard InChI is InChI=1S/C18H24N2O/c1-3-16-12-17(20(4-2)19-16)18(21)15-10-6-9-14(11-15)13-7-5-8-13/h6,9-13,18,21H,3-5,7-8H2,1-2H3. The van der Waals surface area contributed by atoms with E-state index in [1.54, 1.807) is 0 Å². The molecule has 1 fully saturated rings. The highest BCUT2D eigenvalue weighted by atomic mass is 16.3. The molecule has 1 aromatic heterocycles. The monoisotopic (exact) mass is 284 g/mol. The zero-order valence-corrected chi connectivity index (χ0v) is 12.9. The van der Waals surface area contributed by atoms with Gasteiger partial charge in [-0.25, -0.2) is 0 Å². The van der Waals surface area contributed by atoms with Crippen molar-refractivity contribution in [3.8, 4) is 0 Å². The fourth-order valence-corrected chi connectivity index (χ4v) is 3.03. The third kappa shape index (κ3) is 2.75. The van der Waals surface area contributed by atoms with Gasteiger partial charge in [0.05, 0.1) is 11.4 Å². The average Bonchev–Trinajstić information content (AvgIpc) is 2.88. The predicted octanol–water partition coefficient (Wildman–Crippen LogP) is 3.81. The van der Waals surface area contributed by atoms with Crippen molar-refractivity contribution in [2.45, 2.75) is 58.1 Å². The summed E-state index contributed by atoms with van der Waals surface area (Å²) in [7, 11) is 0. The molecule has 1 aromatic carbocycles. The van der Waals surface area contributed by atoms with Crippen molar-refractivity contribution in [2.24, 2.45) is 0 Å². The van der Waals surface area contributed by atoms with Gasteiger partial charge in [-0.3, -0.25) is 4.68 Å². The van der Waals surface area contributed by atoms with Gasteiger partial charge in [-0.2, -0.15) is 5.10 Å². The Hall–Kier alpha value is -1.61. The van der Waals surface area contributed by atoms with Crippen molar-refractivity contribution < 1.29 is 5.11 Å². The topological polar surface area (TPSA) is 38.0 Å². The van der Waals surface area contributed by atoms with Crippen LogP contribution in [-0.2, 0) is 13.0 Å². The lowest BCUT2D eigenvalue weighted by atomic mass is 9.79. The molecule has 0 saturated heterocycles. The molecular weight excluding hydrogens is 260 g/mol. The maximum absolute atomic E-state index is 10.7. The molecule has 2 aromatic rings. The smallest absolute Gasteiger partial charge is 0.121 e. The van der Waals surface area contributed by atoms with Gasteiger partial charge < -0.3 is 5.11 Å². The van der Waals surface area contributed by atoms with Crippen LogP contribution in [0.25, 0.3) is 0 Å². The third-order valence-corrected chi connectivity index (χ3v) is 4.61. The van der Waals surface area contributed by atoms with Gasteiger partial charge in [0.2, 0.25) is 0 Å². The van der Waals surface area contributed by atoms with Gasteiger partial charge in [0, 0.05) is 6.54 Å². The minimum atomic E-state index is -0.585. The first-order valence-corrected chi connectivity index (χ1v) is 8.07. The molecule has 0 aliphatic heterocycles. The minimum Gasteiger partial charge on any atom is -0.382 e. The highest BCUT2D eigenvalue weighted by Gasteiger charge is 2.22. The zero-order chi connectivity index (χ0) is 14.8. The van der Waals surface area contributed by atoms with Crippen LogP contribution in [0.5, 0.6) is 0 Å². The Kier molecular flexibility index (Phi) is 4.11. The molecule has 0 amide bonds. The Bertz CT molecular complexity index is 613. The maximum atomic E-state index is 10.7. The molecule has 1 unspecified atom stereocenters. The van der Waals surface area contributed by atoms with Crippen molar-refractivity contribution in [1.29, 1.82) is 0 Å². The molecule has 3 heteroatoms. The molecule has 1 N–H and O–H groups in total. The number of aliphatic hydroxyl groups is 1. The number of hydrogen-bond acceptors (Lipinski definition) is 2. The van der Waals surface area contributed by atoms with E-state index in [2.05, 4.69) is 37.1 Å². The van der Waals surface area contributed by atoms with Gasteiger partial charge in [0.25, 0.3) is 0 Å². The van der Waals surface area contributed by atoms with E-state index in [0.29, 0.717) is 5.92 Å². The van der Waals surface area contributed by atoms with Gasteiger partial charge in [0.15, 0.2) is 0 Å². The molecule has 1 heterocycles. The SMILES string of the molecule is CCc1cc(C(O)c2cccc(C3CCC3)c2)n(CC)n1. The number of aromatic nitrogens is 2. The van der Waals surface area contributed by atoms with Crippen LogP contribution in [0.1, 0.15) is 67.6 Å². The van der Waals surface area contributed by atoms with Crippen molar-refractivity contribution in [3.63, 3.8) is 0 Å². The summed E-state index contributed by atoms with van der Waals surface area (Å²) in [4.78, 5) is 0. The largest absolute Gasteiger partial charge is 0.382 e. The van der Waals surface area contributed by atoms with Gasteiger partial charge in [0.1, 0.15) is 6.10 Å². The van der Waals surface area contributed by atoms with Gasteiger partial charge >= 0.3 is 0 Å².